The number of benzene rings is 2. The molecule has 0 saturated heterocycles. The van der Waals surface area contributed by atoms with Gasteiger partial charge >= 0.3 is 6.18 Å². The molecular formula is C27H21F3N4O2S2. The van der Waals surface area contributed by atoms with Gasteiger partial charge in [0.2, 0.25) is 5.91 Å². The van der Waals surface area contributed by atoms with E-state index >= 15 is 0 Å². The number of hydrogen-bond acceptors (Lipinski definition) is 6. The van der Waals surface area contributed by atoms with Crippen LogP contribution >= 0.6 is 23.1 Å². The zero-order valence-electron chi connectivity index (χ0n) is 19.9. The van der Waals surface area contributed by atoms with Gasteiger partial charge in [-0.2, -0.15) is 18.4 Å². The van der Waals surface area contributed by atoms with Crippen molar-refractivity contribution in [1.82, 2.24) is 5.32 Å². The van der Waals surface area contributed by atoms with Crippen molar-refractivity contribution in [2.24, 2.45) is 0 Å². The Balaban J connectivity index is 1.55. The number of carbonyl (C=O) groups excluding carboxylic acids is 2. The Labute approximate surface area is 225 Å². The summed E-state index contributed by atoms with van der Waals surface area (Å²) in [5.41, 5.74) is 0.933. The smallest absolute Gasteiger partial charge is 0.353 e. The highest BCUT2D eigenvalue weighted by molar-refractivity contribution is 8.03. The van der Waals surface area contributed by atoms with E-state index in [0.29, 0.717) is 22.0 Å². The molecule has 3 aromatic rings. The molecule has 1 aliphatic heterocycles. The van der Waals surface area contributed by atoms with Gasteiger partial charge in [0.25, 0.3) is 5.91 Å². The Bertz CT molecular complexity index is 1440. The van der Waals surface area contributed by atoms with E-state index in [-0.39, 0.29) is 22.9 Å². The van der Waals surface area contributed by atoms with Crippen molar-refractivity contribution in [2.75, 3.05) is 16.4 Å². The number of carbonyl (C=O) groups is 2. The molecule has 38 heavy (non-hydrogen) atoms. The molecule has 0 radical (unpaired) electrons. The van der Waals surface area contributed by atoms with Crippen molar-refractivity contribution >= 4 is 46.3 Å². The molecule has 0 fully saturated rings. The first-order valence-electron chi connectivity index (χ1n) is 11.3. The van der Waals surface area contributed by atoms with Crippen molar-refractivity contribution < 1.29 is 22.8 Å². The third kappa shape index (κ3) is 6.27. The maximum Gasteiger partial charge on any atom is 0.416 e. The summed E-state index contributed by atoms with van der Waals surface area (Å²) in [6.07, 6.45) is -4.53. The first-order valence-corrected chi connectivity index (χ1v) is 13.2. The summed E-state index contributed by atoms with van der Waals surface area (Å²) in [4.78, 5) is 26.7. The van der Waals surface area contributed by atoms with Gasteiger partial charge in [-0.25, -0.2) is 0 Å². The second kappa shape index (κ2) is 11.6. The number of thioether (sulfide) groups is 1. The Kier molecular flexibility index (Phi) is 8.24. The molecule has 1 aromatic heterocycles. The van der Waals surface area contributed by atoms with E-state index in [9.17, 15) is 28.0 Å². The summed E-state index contributed by atoms with van der Waals surface area (Å²) in [6, 6.07) is 19.2. The molecule has 2 heterocycles. The van der Waals surface area contributed by atoms with E-state index in [1.165, 1.54) is 23.5 Å². The second-order valence-corrected chi connectivity index (χ2v) is 10.2. The number of nitrogens with zero attached hydrogens (tertiary/aromatic N) is 1. The molecule has 0 spiro atoms. The first-order chi connectivity index (χ1) is 18.2. The number of rotatable bonds is 7. The van der Waals surface area contributed by atoms with Crippen molar-refractivity contribution in [3.8, 4) is 6.07 Å². The Morgan fingerprint density at radius 3 is 2.45 bits per heavy atom. The molecule has 6 nitrogen and oxygen atoms in total. The summed E-state index contributed by atoms with van der Waals surface area (Å²) < 4.78 is 39.0. The number of dihydropyridines is 1. The van der Waals surface area contributed by atoms with E-state index in [4.69, 9.17) is 0 Å². The molecule has 194 valence electrons. The summed E-state index contributed by atoms with van der Waals surface area (Å²) in [5, 5.41) is 20.8. The number of thiophene rings is 1. The number of para-hydroxylation sites is 1. The summed E-state index contributed by atoms with van der Waals surface area (Å²) in [7, 11) is 0. The van der Waals surface area contributed by atoms with E-state index in [2.05, 4.69) is 22.0 Å². The summed E-state index contributed by atoms with van der Waals surface area (Å²) in [5.74, 6) is -1.72. The van der Waals surface area contributed by atoms with Crippen LogP contribution in [0.5, 0.6) is 0 Å². The molecule has 0 saturated carbocycles. The number of nitriles is 1. The van der Waals surface area contributed by atoms with Gasteiger partial charge in [0.15, 0.2) is 0 Å². The van der Waals surface area contributed by atoms with Crippen LogP contribution in [-0.2, 0) is 15.8 Å². The van der Waals surface area contributed by atoms with E-state index in [1.807, 2.05) is 23.6 Å². The highest BCUT2D eigenvalue weighted by atomic mass is 32.2. The Morgan fingerprint density at radius 2 is 1.79 bits per heavy atom. The average molecular weight is 555 g/mol. The predicted octanol–water partition coefficient (Wildman–Crippen LogP) is 6.47. The van der Waals surface area contributed by atoms with Gasteiger partial charge in [0, 0.05) is 27.5 Å². The molecule has 0 bridgehead atoms. The van der Waals surface area contributed by atoms with Crippen LogP contribution in [0.2, 0.25) is 0 Å². The van der Waals surface area contributed by atoms with Gasteiger partial charge in [-0.15, -0.1) is 11.3 Å². The number of anilines is 2. The maximum absolute atomic E-state index is 13.3. The van der Waals surface area contributed by atoms with Crippen molar-refractivity contribution in [1.29, 1.82) is 5.26 Å². The molecule has 3 N–H and O–H groups in total. The zero-order chi connectivity index (χ0) is 27.3. The number of allylic oxidation sites excluding steroid dienone is 2. The van der Waals surface area contributed by atoms with Crippen LogP contribution in [0.3, 0.4) is 0 Å². The van der Waals surface area contributed by atoms with Gasteiger partial charge in [-0.3, -0.25) is 9.59 Å². The molecule has 0 aliphatic carbocycles. The zero-order valence-corrected chi connectivity index (χ0v) is 21.6. The van der Waals surface area contributed by atoms with Crippen LogP contribution in [0.15, 0.2) is 94.0 Å². The standard InChI is InChI=1S/C27H21F3N4O2S2/c1-16-23(25(36)34-18-8-3-2-4-9-18)24(21-11-6-12-37-21)20(14-31)26(32-16)38-15-22(35)33-19-10-5-7-17(13-19)27(28,29)30/h2-13,24,32H,15H2,1H3,(H,33,35)(H,34,36)/t24-/m1/s1. The molecule has 1 atom stereocenters. The highest BCUT2D eigenvalue weighted by Crippen LogP contribution is 2.42. The average Bonchev–Trinajstić information content (AvgIpc) is 3.42. The number of nitrogens with one attached hydrogen (secondary N) is 3. The molecule has 1 aliphatic rings. The fourth-order valence-corrected chi connectivity index (χ4v) is 5.63. The predicted molar refractivity (Wildman–Crippen MR) is 143 cm³/mol. The van der Waals surface area contributed by atoms with Gasteiger partial charge in [0.1, 0.15) is 0 Å². The lowest BCUT2D eigenvalue weighted by atomic mass is 9.86. The lowest BCUT2D eigenvalue weighted by molar-refractivity contribution is -0.137. The SMILES string of the molecule is CC1=C(C(=O)Nc2ccccc2)[C@@H](c2cccs2)C(C#N)=C(SCC(=O)Nc2cccc(C(F)(F)F)c2)N1. The van der Waals surface area contributed by atoms with Crippen LogP contribution in [0.4, 0.5) is 24.5 Å². The largest absolute Gasteiger partial charge is 0.416 e. The lowest BCUT2D eigenvalue weighted by Gasteiger charge is -2.29. The van der Waals surface area contributed by atoms with Gasteiger partial charge in [-0.1, -0.05) is 42.1 Å². The molecular weight excluding hydrogens is 533 g/mol. The highest BCUT2D eigenvalue weighted by Gasteiger charge is 2.35. The second-order valence-electron chi connectivity index (χ2n) is 8.20. The van der Waals surface area contributed by atoms with Crippen LogP contribution in [0.25, 0.3) is 0 Å². The summed E-state index contributed by atoms with van der Waals surface area (Å²) >= 11 is 2.44. The first kappa shape index (κ1) is 27.0. The monoisotopic (exact) mass is 554 g/mol. The van der Waals surface area contributed by atoms with Crippen LogP contribution < -0.4 is 16.0 Å². The fourth-order valence-electron chi connectivity index (χ4n) is 3.90. The fraction of sp³-hybridized carbons (Fsp3) is 0.148. The minimum absolute atomic E-state index is 0.0175. The maximum atomic E-state index is 13.3. The van der Waals surface area contributed by atoms with E-state index in [1.54, 1.807) is 31.2 Å². The normalized spacial score (nSPS) is 15.5. The molecule has 11 heteroatoms. The van der Waals surface area contributed by atoms with Crippen molar-refractivity contribution in [2.45, 2.75) is 19.0 Å². The number of amides is 2. The number of hydrogen-bond donors (Lipinski definition) is 3. The van der Waals surface area contributed by atoms with Crippen LogP contribution in [0, 0.1) is 11.3 Å². The molecule has 0 unspecified atom stereocenters. The minimum Gasteiger partial charge on any atom is -0.353 e. The minimum atomic E-state index is -4.53. The molecule has 2 aromatic carbocycles. The van der Waals surface area contributed by atoms with Gasteiger partial charge in [-0.05, 0) is 48.7 Å². The number of halogens is 3. The lowest BCUT2D eigenvalue weighted by Crippen LogP contribution is -2.30. The van der Waals surface area contributed by atoms with Crippen LogP contribution in [0.1, 0.15) is 23.3 Å². The van der Waals surface area contributed by atoms with E-state index < -0.39 is 23.6 Å². The van der Waals surface area contributed by atoms with Crippen LogP contribution in [-0.4, -0.2) is 17.6 Å². The van der Waals surface area contributed by atoms with Gasteiger partial charge in [0.05, 0.1) is 33.9 Å². The number of alkyl halides is 3. The topological polar surface area (TPSA) is 94.0 Å². The van der Waals surface area contributed by atoms with Crippen molar-refractivity contribution in [3.05, 3.63) is 104 Å². The summed E-state index contributed by atoms with van der Waals surface area (Å²) in [6.45, 7) is 1.72. The van der Waals surface area contributed by atoms with Crippen molar-refractivity contribution in [3.63, 3.8) is 0 Å². The Morgan fingerprint density at radius 1 is 1.05 bits per heavy atom. The van der Waals surface area contributed by atoms with Gasteiger partial charge < -0.3 is 16.0 Å². The Hall–Kier alpha value is -4.01. The molecule has 4 rings (SSSR count). The molecule has 2 amide bonds. The van der Waals surface area contributed by atoms with E-state index in [0.717, 1.165) is 28.8 Å². The quantitative estimate of drug-likeness (QED) is 0.311. The third-order valence-corrected chi connectivity index (χ3v) is 7.53. The third-order valence-electron chi connectivity index (χ3n) is 5.57.